The Labute approximate surface area is 241 Å². The molecule has 0 aromatic heterocycles. The minimum Gasteiger partial charge on any atom is -0.392 e. The van der Waals surface area contributed by atoms with E-state index < -0.39 is 12.2 Å². The molecule has 224 valence electrons. The summed E-state index contributed by atoms with van der Waals surface area (Å²) >= 11 is 0. The summed E-state index contributed by atoms with van der Waals surface area (Å²) in [4.78, 5) is 25.7. The van der Waals surface area contributed by atoms with E-state index in [4.69, 9.17) is 19.4 Å². The zero-order valence-corrected chi connectivity index (χ0v) is 23.8. The van der Waals surface area contributed by atoms with Crippen LogP contribution < -0.4 is 10.8 Å². The van der Waals surface area contributed by atoms with Crippen LogP contribution in [-0.2, 0) is 37.0 Å². The van der Waals surface area contributed by atoms with Gasteiger partial charge in [0.1, 0.15) is 0 Å². The maximum Gasteiger partial charge on any atom is 0.243 e. The van der Waals surface area contributed by atoms with Crippen molar-refractivity contribution < 1.29 is 34.1 Å². The number of amides is 2. The molecule has 2 heterocycles. The molecular formula is C31H43N3O7. The van der Waals surface area contributed by atoms with Crippen molar-refractivity contribution in [2.75, 3.05) is 26.8 Å². The minimum atomic E-state index is -0.528. The van der Waals surface area contributed by atoms with Gasteiger partial charge in [-0.3, -0.25) is 19.7 Å². The number of nitrogens with one attached hydrogen (secondary N) is 2. The summed E-state index contributed by atoms with van der Waals surface area (Å²) < 4.78 is 18.4. The van der Waals surface area contributed by atoms with Crippen LogP contribution in [0.3, 0.4) is 0 Å². The third-order valence-electron chi connectivity index (χ3n) is 7.84. The van der Waals surface area contributed by atoms with Crippen molar-refractivity contribution in [2.45, 2.75) is 82.6 Å². The van der Waals surface area contributed by atoms with Gasteiger partial charge in [0.25, 0.3) is 0 Å². The zero-order valence-electron chi connectivity index (χ0n) is 23.8. The Morgan fingerprint density at radius 1 is 0.976 bits per heavy atom. The summed E-state index contributed by atoms with van der Waals surface area (Å²) in [5, 5.41) is 20.9. The quantitative estimate of drug-likeness (QED) is 0.155. The fraction of sp³-hybridized carbons (Fsp3) is 0.548. The molecule has 2 aromatic rings. The summed E-state index contributed by atoms with van der Waals surface area (Å²) in [6.45, 7) is 2.98. The number of hydrogen-bond donors (Lipinski definition) is 4. The van der Waals surface area contributed by atoms with Crippen molar-refractivity contribution in [3.63, 3.8) is 0 Å². The van der Waals surface area contributed by atoms with Crippen molar-refractivity contribution in [2.24, 2.45) is 0 Å². The molecular weight excluding hydrogens is 526 g/mol. The van der Waals surface area contributed by atoms with E-state index in [1.54, 1.807) is 12.6 Å². The number of aliphatic hydroxyl groups excluding tert-OH is 1. The number of hydrogen-bond acceptors (Lipinski definition) is 8. The van der Waals surface area contributed by atoms with E-state index in [0.29, 0.717) is 31.8 Å². The third kappa shape index (κ3) is 9.32. The van der Waals surface area contributed by atoms with Gasteiger partial charge in [0.2, 0.25) is 11.8 Å². The second-order valence-electron chi connectivity index (χ2n) is 10.9. The average Bonchev–Trinajstić information content (AvgIpc) is 3.44. The number of rotatable bonds is 14. The Bertz CT molecular complexity index is 1100. The van der Waals surface area contributed by atoms with Crippen molar-refractivity contribution >= 4 is 11.8 Å². The number of likely N-dealkylation sites (tertiary alicyclic amines) is 1. The van der Waals surface area contributed by atoms with E-state index in [-0.39, 0.29) is 31.1 Å². The van der Waals surface area contributed by atoms with Gasteiger partial charge in [0, 0.05) is 51.1 Å². The van der Waals surface area contributed by atoms with Gasteiger partial charge in [-0.25, -0.2) is 5.48 Å². The summed E-state index contributed by atoms with van der Waals surface area (Å²) in [6, 6.07) is 16.2. The zero-order chi connectivity index (χ0) is 29.0. The van der Waals surface area contributed by atoms with Gasteiger partial charge in [0.15, 0.2) is 6.29 Å². The SMILES string of the molecule is COC[C@@H]1CCCN1C[C@@H]1C[C@H](c2ccc(CO)cc2)O[C@H](c2ccc(CNC(=O)CCCCC(=O)NO)cc2)O1. The van der Waals surface area contributed by atoms with E-state index in [1.165, 1.54) is 0 Å². The first-order valence-electron chi connectivity index (χ1n) is 14.5. The van der Waals surface area contributed by atoms with Gasteiger partial charge in [-0.05, 0) is 48.9 Å². The molecule has 4 atom stereocenters. The van der Waals surface area contributed by atoms with Crippen LogP contribution in [-0.4, -0.2) is 66.0 Å². The van der Waals surface area contributed by atoms with Crippen LogP contribution in [0.1, 0.15) is 79.6 Å². The summed E-state index contributed by atoms with van der Waals surface area (Å²) in [5.41, 5.74) is 5.40. The highest BCUT2D eigenvalue weighted by molar-refractivity contribution is 5.76. The lowest BCUT2D eigenvalue weighted by Crippen LogP contribution is -2.42. The monoisotopic (exact) mass is 569 g/mol. The molecule has 41 heavy (non-hydrogen) atoms. The number of unbranched alkanes of at least 4 members (excludes halogenated alkanes) is 1. The number of carbonyl (C=O) groups is 2. The second-order valence-corrected chi connectivity index (χ2v) is 10.9. The molecule has 0 bridgehead atoms. The topological polar surface area (TPSA) is 130 Å². The fourth-order valence-electron chi connectivity index (χ4n) is 5.52. The number of aliphatic hydroxyl groups is 1. The third-order valence-corrected chi connectivity index (χ3v) is 7.84. The van der Waals surface area contributed by atoms with Gasteiger partial charge < -0.3 is 24.6 Å². The van der Waals surface area contributed by atoms with Crippen molar-refractivity contribution in [3.05, 3.63) is 70.8 Å². The van der Waals surface area contributed by atoms with Crippen LogP contribution in [0, 0.1) is 0 Å². The molecule has 0 saturated carbocycles. The first kappa shape index (κ1) is 31.1. The second kappa shape index (κ2) is 16.0. The van der Waals surface area contributed by atoms with Crippen LogP contribution in [0.15, 0.2) is 48.5 Å². The van der Waals surface area contributed by atoms with E-state index >= 15 is 0 Å². The van der Waals surface area contributed by atoms with Crippen molar-refractivity contribution in [1.82, 2.24) is 15.7 Å². The maximum atomic E-state index is 12.2. The molecule has 2 aliphatic heterocycles. The van der Waals surface area contributed by atoms with Crippen LogP contribution in [0.2, 0.25) is 0 Å². The number of methoxy groups -OCH3 is 1. The molecule has 2 aromatic carbocycles. The molecule has 4 N–H and O–H groups in total. The Balaban J connectivity index is 1.37. The standard InChI is InChI=1S/C31H43N3O7/c1-39-21-26-5-4-16-34(26)19-27-17-28(24-12-10-23(20-35)11-13-24)41-31(40-27)25-14-8-22(9-15-25)18-32-29(36)6-2-3-7-30(37)33-38/h8-15,26-28,31,35,38H,2-7,16-21H2,1H3,(H,32,36)(H,33,37)/t26-,27-,28+,31+/m0/s1. The fourth-order valence-corrected chi connectivity index (χ4v) is 5.52. The number of ether oxygens (including phenoxy) is 3. The van der Waals surface area contributed by atoms with Crippen LogP contribution >= 0.6 is 0 Å². The van der Waals surface area contributed by atoms with E-state index in [2.05, 4.69) is 10.2 Å². The normalized spacial score (nSPS) is 22.9. The molecule has 2 aliphatic rings. The number of benzene rings is 2. The van der Waals surface area contributed by atoms with Gasteiger partial charge in [-0.1, -0.05) is 48.5 Å². The first-order chi connectivity index (χ1) is 20.0. The van der Waals surface area contributed by atoms with Gasteiger partial charge in [-0.2, -0.15) is 0 Å². The molecule has 2 amide bonds. The Hall–Kier alpha value is -2.86. The number of carbonyl (C=O) groups excluding carboxylic acids is 2. The molecule has 2 saturated heterocycles. The van der Waals surface area contributed by atoms with Gasteiger partial charge in [-0.15, -0.1) is 0 Å². The Morgan fingerprint density at radius 2 is 1.66 bits per heavy atom. The summed E-state index contributed by atoms with van der Waals surface area (Å²) in [6.07, 6.45) is 3.96. The molecule has 4 rings (SSSR count). The van der Waals surface area contributed by atoms with E-state index in [1.807, 2.05) is 48.5 Å². The van der Waals surface area contributed by atoms with Gasteiger partial charge >= 0.3 is 0 Å². The predicted octanol–water partition coefficient (Wildman–Crippen LogP) is 3.52. The lowest BCUT2D eigenvalue weighted by atomic mass is 9.99. The largest absolute Gasteiger partial charge is 0.392 e. The first-order valence-corrected chi connectivity index (χ1v) is 14.5. The Kier molecular flexibility index (Phi) is 12.1. The van der Waals surface area contributed by atoms with Crippen molar-refractivity contribution in [3.8, 4) is 0 Å². The molecule has 10 heteroatoms. The molecule has 0 unspecified atom stereocenters. The highest BCUT2D eigenvalue weighted by atomic mass is 16.7. The predicted molar refractivity (Wildman–Crippen MR) is 152 cm³/mol. The summed E-state index contributed by atoms with van der Waals surface area (Å²) in [5.74, 6) is -0.524. The van der Waals surface area contributed by atoms with Crippen LogP contribution in [0.5, 0.6) is 0 Å². The van der Waals surface area contributed by atoms with E-state index in [9.17, 15) is 14.7 Å². The lowest BCUT2D eigenvalue weighted by molar-refractivity contribution is -0.253. The lowest BCUT2D eigenvalue weighted by Gasteiger charge is -2.38. The van der Waals surface area contributed by atoms with Gasteiger partial charge in [0.05, 0.1) is 25.4 Å². The molecule has 2 fully saturated rings. The molecule has 0 radical (unpaired) electrons. The highest BCUT2D eigenvalue weighted by Gasteiger charge is 2.35. The van der Waals surface area contributed by atoms with Crippen LogP contribution in [0.25, 0.3) is 0 Å². The number of nitrogens with zero attached hydrogens (tertiary/aromatic N) is 1. The molecule has 10 nitrogen and oxygen atoms in total. The van der Waals surface area contributed by atoms with Crippen molar-refractivity contribution in [1.29, 1.82) is 0 Å². The van der Waals surface area contributed by atoms with E-state index in [0.717, 1.165) is 61.2 Å². The number of hydroxylamine groups is 1. The molecule has 0 aliphatic carbocycles. The maximum absolute atomic E-state index is 12.2. The highest BCUT2D eigenvalue weighted by Crippen LogP contribution is 2.38. The van der Waals surface area contributed by atoms with Crippen LogP contribution in [0.4, 0.5) is 0 Å². The molecule has 0 spiro atoms. The minimum absolute atomic E-state index is 0.00612. The average molecular weight is 570 g/mol. The Morgan fingerprint density at radius 3 is 2.34 bits per heavy atom. The summed E-state index contributed by atoms with van der Waals surface area (Å²) in [7, 11) is 1.75. The smallest absolute Gasteiger partial charge is 0.243 e.